The summed E-state index contributed by atoms with van der Waals surface area (Å²) >= 11 is 0. The molecule has 1 aliphatic rings. The van der Waals surface area contributed by atoms with Crippen molar-refractivity contribution in [3.8, 4) is 0 Å². The number of ether oxygens (including phenoxy) is 1. The lowest BCUT2D eigenvalue weighted by molar-refractivity contribution is -0.123. The van der Waals surface area contributed by atoms with Crippen LogP contribution >= 0.6 is 0 Å². The molecule has 6 heteroatoms. The maximum atomic E-state index is 11.8. The van der Waals surface area contributed by atoms with Gasteiger partial charge in [-0.25, -0.2) is 0 Å². The van der Waals surface area contributed by atoms with E-state index in [1.165, 1.54) is 12.8 Å². The number of carbonyl (C=O) groups excluding carboxylic acids is 2. The minimum Gasteiger partial charge on any atom is -0.374 e. The SMILES string of the molecule is CC1CCCC(OCc2cccc(NC(=O)CNC(=O)CN)c2)C1. The average molecular weight is 333 g/mol. The molecule has 0 radical (unpaired) electrons. The molecule has 2 unspecified atom stereocenters. The van der Waals surface area contributed by atoms with Crippen LogP contribution in [0.5, 0.6) is 0 Å². The molecule has 2 amide bonds. The number of hydrogen-bond acceptors (Lipinski definition) is 4. The van der Waals surface area contributed by atoms with Crippen LogP contribution in [0.3, 0.4) is 0 Å². The highest BCUT2D eigenvalue weighted by Gasteiger charge is 2.19. The maximum Gasteiger partial charge on any atom is 0.243 e. The van der Waals surface area contributed by atoms with Crippen LogP contribution in [0.25, 0.3) is 0 Å². The third-order valence-corrected chi connectivity index (χ3v) is 4.22. The predicted molar refractivity (Wildman–Crippen MR) is 93.3 cm³/mol. The van der Waals surface area contributed by atoms with Gasteiger partial charge in [0, 0.05) is 5.69 Å². The average Bonchev–Trinajstić information content (AvgIpc) is 2.58. The van der Waals surface area contributed by atoms with Gasteiger partial charge in [-0.15, -0.1) is 0 Å². The van der Waals surface area contributed by atoms with Gasteiger partial charge in [0.15, 0.2) is 0 Å². The minimum atomic E-state index is -0.353. The van der Waals surface area contributed by atoms with Crippen molar-refractivity contribution in [3.63, 3.8) is 0 Å². The highest BCUT2D eigenvalue weighted by atomic mass is 16.5. The Morgan fingerprint density at radius 2 is 2.12 bits per heavy atom. The lowest BCUT2D eigenvalue weighted by Crippen LogP contribution is -2.36. The monoisotopic (exact) mass is 333 g/mol. The highest BCUT2D eigenvalue weighted by Crippen LogP contribution is 2.26. The fourth-order valence-electron chi connectivity index (χ4n) is 2.94. The Labute approximate surface area is 143 Å². The van der Waals surface area contributed by atoms with E-state index in [9.17, 15) is 9.59 Å². The molecule has 0 aromatic heterocycles. The molecule has 132 valence electrons. The van der Waals surface area contributed by atoms with E-state index < -0.39 is 0 Å². The highest BCUT2D eigenvalue weighted by molar-refractivity contribution is 5.94. The first-order chi connectivity index (χ1) is 11.6. The molecule has 1 aromatic rings. The molecule has 4 N–H and O–H groups in total. The van der Waals surface area contributed by atoms with Gasteiger partial charge in [-0.05, 0) is 36.5 Å². The Kier molecular flexibility index (Phi) is 7.21. The van der Waals surface area contributed by atoms with Crippen molar-refractivity contribution in [2.24, 2.45) is 11.7 Å². The van der Waals surface area contributed by atoms with Gasteiger partial charge in [-0.3, -0.25) is 9.59 Å². The first-order valence-corrected chi connectivity index (χ1v) is 8.54. The van der Waals surface area contributed by atoms with Crippen LogP contribution in [-0.4, -0.2) is 31.0 Å². The lowest BCUT2D eigenvalue weighted by Gasteiger charge is -2.26. The standard InChI is InChI=1S/C18H27N3O3/c1-13-4-2-7-16(8-13)24-12-14-5-3-6-15(9-14)21-18(23)11-20-17(22)10-19/h3,5-6,9,13,16H,2,4,7-8,10-12,19H2,1H3,(H,20,22)(H,21,23). The van der Waals surface area contributed by atoms with Gasteiger partial charge in [0.2, 0.25) is 11.8 Å². The van der Waals surface area contributed by atoms with E-state index in [4.69, 9.17) is 10.5 Å². The molecule has 1 fully saturated rings. The zero-order valence-electron chi connectivity index (χ0n) is 14.2. The van der Waals surface area contributed by atoms with E-state index in [1.807, 2.05) is 24.3 Å². The summed E-state index contributed by atoms with van der Waals surface area (Å²) in [4.78, 5) is 22.8. The molecule has 0 aliphatic heterocycles. The summed E-state index contributed by atoms with van der Waals surface area (Å²) in [7, 11) is 0. The van der Waals surface area contributed by atoms with Gasteiger partial charge < -0.3 is 21.1 Å². The lowest BCUT2D eigenvalue weighted by atomic mass is 9.89. The molecule has 1 aromatic carbocycles. The van der Waals surface area contributed by atoms with E-state index >= 15 is 0 Å². The van der Waals surface area contributed by atoms with Crippen LogP contribution in [0.2, 0.25) is 0 Å². The number of nitrogens with two attached hydrogens (primary N) is 1. The number of rotatable bonds is 7. The predicted octanol–water partition coefficient (Wildman–Crippen LogP) is 1.80. The van der Waals surface area contributed by atoms with E-state index in [1.54, 1.807) is 0 Å². The summed E-state index contributed by atoms with van der Waals surface area (Å²) in [5, 5.41) is 5.20. The van der Waals surface area contributed by atoms with Crippen molar-refractivity contribution < 1.29 is 14.3 Å². The third-order valence-electron chi connectivity index (χ3n) is 4.22. The summed E-state index contributed by atoms with van der Waals surface area (Å²) < 4.78 is 6.01. The molecule has 2 rings (SSSR count). The molecular weight excluding hydrogens is 306 g/mol. The van der Waals surface area contributed by atoms with E-state index in [2.05, 4.69) is 17.6 Å². The Morgan fingerprint density at radius 1 is 1.29 bits per heavy atom. The quantitative estimate of drug-likeness (QED) is 0.709. The van der Waals surface area contributed by atoms with Crippen LogP contribution in [-0.2, 0) is 20.9 Å². The summed E-state index contributed by atoms with van der Waals surface area (Å²) in [6, 6.07) is 7.58. The van der Waals surface area contributed by atoms with Crippen LogP contribution in [0.15, 0.2) is 24.3 Å². The van der Waals surface area contributed by atoms with Crippen LogP contribution in [0.4, 0.5) is 5.69 Å². The van der Waals surface area contributed by atoms with Crippen LogP contribution in [0, 0.1) is 5.92 Å². The normalized spacial score (nSPS) is 20.4. The third kappa shape index (κ3) is 6.29. The molecule has 24 heavy (non-hydrogen) atoms. The van der Waals surface area contributed by atoms with Gasteiger partial charge in [0.25, 0.3) is 0 Å². The number of anilines is 1. The number of carbonyl (C=O) groups is 2. The fourth-order valence-corrected chi connectivity index (χ4v) is 2.94. The van der Waals surface area contributed by atoms with E-state index in [-0.39, 0.29) is 24.9 Å². The summed E-state index contributed by atoms with van der Waals surface area (Å²) in [6.45, 7) is 2.61. The second kappa shape index (κ2) is 9.39. The molecular formula is C18H27N3O3. The van der Waals surface area contributed by atoms with Crippen molar-refractivity contribution in [2.45, 2.75) is 45.3 Å². The number of amides is 2. The zero-order valence-corrected chi connectivity index (χ0v) is 14.2. The van der Waals surface area contributed by atoms with Crippen molar-refractivity contribution in [1.29, 1.82) is 0 Å². The number of benzene rings is 1. The van der Waals surface area contributed by atoms with Crippen molar-refractivity contribution >= 4 is 17.5 Å². The molecule has 0 saturated heterocycles. The van der Waals surface area contributed by atoms with Crippen molar-refractivity contribution in [1.82, 2.24) is 5.32 Å². The Balaban J connectivity index is 1.80. The van der Waals surface area contributed by atoms with Crippen LogP contribution < -0.4 is 16.4 Å². The van der Waals surface area contributed by atoms with Gasteiger partial charge in [-0.1, -0.05) is 31.9 Å². The first kappa shape index (κ1) is 18.4. The van der Waals surface area contributed by atoms with Crippen molar-refractivity contribution in [2.75, 3.05) is 18.4 Å². The maximum absolute atomic E-state index is 11.8. The van der Waals surface area contributed by atoms with Gasteiger partial charge in [0.05, 0.1) is 25.8 Å². The Bertz CT molecular complexity index is 562. The van der Waals surface area contributed by atoms with Crippen LogP contribution in [0.1, 0.15) is 38.2 Å². The number of hydrogen-bond donors (Lipinski definition) is 3. The summed E-state index contributed by atoms with van der Waals surface area (Å²) in [5.74, 6) is 0.100. The topological polar surface area (TPSA) is 93.5 Å². The Morgan fingerprint density at radius 3 is 2.88 bits per heavy atom. The smallest absolute Gasteiger partial charge is 0.243 e. The molecule has 1 aliphatic carbocycles. The Hall–Kier alpha value is -1.92. The van der Waals surface area contributed by atoms with Gasteiger partial charge in [0.1, 0.15) is 0 Å². The number of nitrogens with one attached hydrogen (secondary N) is 2. The van der Waals surface area contributed by atoms with Gasteiger partial charge >= 0.3 is 0 Å². The van der Waals surface area contributed by atoms with E-state index in [0.29, 0.717) is 18.4 Å². The van der Waals surface area contributed by atoms with E-state index in [0.717, 1.165) is 24.3 Å². The zero-order chi connectivity index (χ0) is 17.4. The molecule has 6 nitrogen and oxygen atoms in total. The minimum absolute atomic E-state index is 0.0866. The molecule has 0 spiro atoms. The first-order valence-electron chi connectivity index (χ1n) is 8.54. The second-order valence-electron chi connectivity index (χ2n) is 6.43. The summed E-state index contributed by atoms with van der Waals surface area (Å²) in [6.07, 6.45) is 5.11. The second-order valence-corrected chi connectivity index (χ2v) is 6.43. The molecule has 0 bridgehead atoms. The fraction of sp³-hybridized carbons (Fsp3) is 0.556. The molecule has 2 atom stereocenters. The summed E-state index contributed by atoms with van der Waals surface area (Å²) in [5.41, 5.74) is 6.90. The van der Waals surface area contributed by atoms with Crippen molar-refractivity contribution in [3.05, 3.63) is 29.8 Å². The largest absolute Gasteiger partial charge is 0.374 e. The van der Waals surface area contributed by atoms with Gasteiger partial charge in [-0.2, -0.15) is 0 Å². The molecule has 0 heterocycles. The molecule has 1 saturated carbocycles.